The first kappa shape index (κ1) is 11.9. The van der Waals surface area contributed by atoms with Crippen molar-refractivity contribution in [2.45, 2.75) is 13.3 Å². The normalized spacial score (nSPS) is 10.7. The van der Waals surface area contributed by atoms with E-state index in [1.54, 1.807) is 7.11 Å². The van der Waals surface area contributed by atoms with E-state index in [0.717, 1.165) is 25.3 Å². The van der Waals surface area contributed by atoms with E-state index in [1.165, 1.54) is 16.3 Å². The van der Waals surface area contributed by atoms with Crippen LogP contribution in [0.25, 0.3) is 10.8 Å². The lowest BCUT2D eigenvalue weighted by molar-refractivity contribution is 0.415. The zero-order chi connectivity index (χ0) is 12.1. The van der Waals surface area contributed by atoms with E-state index in [0.29, 0.717) is 0 Å². The van der Waals surface area contributed by atoms with Gasteiger partial charge >= 0.3 is 0 Å². The monoisotopic (exact) mass is 229 g/mol. The summed E-state index contributed by atoms with van der Waals surface area (Å²) in [5, 5.41) is 5.93. The molecule has 17 heavy (non-hydrogen) atoms. The Hall–Kier alpha value is -1.54. The van der Waals surface area contributed by atoms with E-state index >= 15 is 0 Å². The Balaban J connectivity index is 2.33. The van der Waals surface area contributed by atoms with Gasteiger partial charge in [-0.15, -0.1) is 0 Å². The van der Waals surface area contributed by atoms with Gasteiger partial charge in [0.2, 0.25) is 0 Å². The molecule has 0 aliphatic rings. The molecule has 0 radical (unpaired) electrons. The maximum atomic E-state index is 5.29. The Morgan fingerprint density at radius 2 is 2.06 bits per heavy atom. The molecule has 2 aromatic rings. The van der Waals surface area contributed by atoms with Crippen LogP contribution >= 0.6 is 0 Å². The summed E-state index contributed by atoms with van der Waals surface area (Å²) in [5.74, 6) is 0.924. The molecule has 0 bridgehead atoms. The van der Waals surface area contributed by atoms with Crippen LogP contribution in [0.5, 0.6) is 5.75 Å². The van der Waals surface area contributed by atoms with Gasteiger partial charge in [0.15, 0.2) is 0 Å². The molecule has 0 saturated heterocycles. The first-order valence-electron chi connectivity index (χ1n) is 6.11. The third-order valence-corrected chi connectivity index (χ3v) is 3.00. The number of hydrogen-bond donors (Lipinski definition) is 1. The van der Waals surface area contributed by atoms with Gasteiger partial charge in [0.1, 0.15) is 5.75 Å². The molecular formula is C15H19NO. The van der Waals surface area contributed by atoms with Crippen LogP contribution in [0.2, 0.25) is 0 Å². The summed E-state index contributed by atoms with van der Waals surface area (Å²) < 4.78 is 5.29. The Bertz CT molecular complexity index is 493. The molecule has 0 unspecified atom stereocenters. The lowest BCUT2D eigenvalue weighted by Gasteiger charge is -2.08. The lowest BCUT2D eigenvalue weighted by Crippen LogP contribution is -2.16. The molecule has 0 aliphatic carbocycles. The molecule has 90 valence electrons. The summed E-state index contributed by atoms with van der Waals surface area (Å²) in [6.07, 6.45) is 1.05. The van der Waals surface area contributed by atoms with Crippen molar-refractivity contribution in [1.82, 2.24) is 5.32 Å². The molecular weight excluding hydrogens is 210 g/mol. The molecule has 2 aromatic carbocycles. The second kappa shape index (κ2) is 5.69. The third-order valence-electron chi connectivity index (χ3n) is 3.00. The summed E-state index contributed by atoms with van der Waals surface area (Å²) in [6.45, 7) is 4.17. The average molecular weight is 229 g/mol. The topological polar surface area (TPSA) is 21.3 Å². The zero-order valence-corrected chi connectivity index (χ0v) is 10.5. The summed E-state index contributed by atoms with van der Waals surface area (Å²) in [6, 6.07) is 12.7. The van der Waals surface area contributed by atoms with Crippen molar-refractivity contribution in [3.8, 4) is 5.75 Å². The minimum absolute atomic E-state index is 0.924. The Kier molecular flexibility index (Phi) is 3.99. The highest BCUT2D eigenvalue weighted by Gasteiger charge is 2.02. The van der Waals surface area contributed by atoms with E-state index < -0.39 is 0 Å². The maximum absolute atomic E-state index is 5.29. The standard InChI is InChI=1S/C15H19NO/c1-3-16-10-9-13-6-4-5-12-7-8-14(17-2)11-15(12)13/h4-8,11,16H,3,9-10H2,1-2H3. The number of fused-ring (bicyclic) bond motifs is 1. The highest BCUT2D eigenvalue weighted by molar-refractivity contribution is 5.87. The van der Waals surface area contributed by atoms with Gasteiger partial charge in [-0.3, -0.25) is 0 Å². The van der Waals surface area contributed by atoms with Crippen molar-refractivity contribution in [1.29, 1.82) is 0 Å². The van der Waals surface area contributed by atoms with Crippen molar-refractivity contribution >= 4 is 10.8 Å². The molecule has 0 spiro atoms. The molecule has 0 aromatic heterocycles. The first-order chi connectivity index (χ1) is 8.35. The molecule has 0 amide bonds. The van der Waals surface area contributed by atoms with Gasteiger partial charge in [0, 0.05) is 0 Å². The number of methoxy groups -OCH3 is 1. The Labute approximate surface area is 103 Å². The Morgan fingerprint density at radius 3 is 2.82 bits per heavy atom. The summed E-state index contributed by atoms with van der Waals surface area (Å²) in [7, 11) is 1.71. The van der Waals surface area contributed by atoms with E-state index in [4.69, 9.17) is 4.74 Å². The molecule has 2 rings (SSSR count). The SMILES string of the molecule is CCNCCc1cccc2ccc(OC)cc12. The fraction of sp³-hybridized carbons (Fsp3) is 0.333. The van der Waals surface area contributed by atoms with Crippen LogP contribution in [0, 0.1) is 0 Å². The van der Waals surface area contributed by atoms with Gasteiger partial charge < -0.3 is 10.1 Å². The van der Waals surface area contributed by atoms with Gasteiger partial charge in [0.25, 0.3) is 0 Å². The third kappa shape index (κ3) is 2.77. The van der Waals surface area contributed by atoms with Gasteiger partial charge in [-0.1, -0.05) is 31.2 Å². The van der Waals surface area contributed by atoms with Crippen LogP contribution in [0.1, 0.15) is 12.5 Å². The summed E-state index contributed by atoms with van der Waals surface area (Å²) >= 11 is 0. The van der Waals surface area contributed by atoms with Crippen LogP contribution in [0.15, 0.2) is 36.4 Å². The molecule has 2 nitrogen and oxygen atoms in total. The number of benzene rings is 2. The molecule has 0 saturated carbocycles. The number of nitrogens with one attached hydrogen (secondary N) is 1. The smallest absolute Gasteiger partial charge is 0.119 e. The summed E-state index contributed by atoms with van der Waals surface area (Å²) in [5.41, 5.74) is 1.38. The quantitative estimate of drug-likeness (QED) is 0.796. The predicted molar refractivity (Wildman–Crippen MR) is 72.7 cm³/mol. The van der Waals surface area contributed by atoms with Crippen LogP contribution in [0.4, 0.5) is 0 Å². The number of ether oxygens (including phenoxy) is 1. The molecule has 0 fully saturated rings. The minimum atomic E-state index is 0.924. The zero-order valence-electron chi connectivity index (χ0n) is 10.5. The molecule has 0 heterocycles. The van der Waals surface area contributed by atoms with Crippen LogP contribution in [-0.4, -0.2) is 20.2 Å². The van der Waals surface area contributed by atoms with Crippen molar-refractivity contribution in [2.24, 2.45) is 0 Å². The highest BCUT2D eigenvalue weighted by Crippen LogP contribution is 2.24. The van der Waals surface area contributed by atoms with E-state index in [9.17, 15) is 0 Å². The average Bonchev–Trinajstić information content (AvgIpc) is 2.39. The van der Waals surface area contributed by atoms with E-state index in [1.807, 2.05) is 6.07 Å². The molecule has 2 heteroatoms. The minimum Gasteiger partial charge on any atom is -0.497 e. The fourth-order valence-electron chi connectivity index (χ4n) is 2.06. The van der Waals surface area contributed by atoms with Gasteiger partial charge in [0.05, 0.1) is 7.11 Å². The van der Waals surface area contributed by atoms with Crippen molar-refractivity contribution in [3.63, 3.8) is 0 Å². The second-order valence-corrected chi connectivity index (χ2v) is 4.11. The molecule has 0 atom stereocenters. The first-order valence-corrected chi connectivity index (χ1v) is 6.11. The molecule has 1 N–H and O–H groups in total. The number of likely N-dealkylation sites (N-methyl/N-ethyl adjacent to an activating group) is 1. The molecule has 0 aliphatic heterocycles. The van der Waals surface area contributed by atoms with Crippen LogP contribution in [0.3, 0.4) is 0 Å². The fourth-order valence-corrected chi connectivity index (χ4v) is 2.06. The van der Waals surface area contributed by atoms with Crippen LogP contribution in [-0.2, 0) is 6.42 Å². The van der Waals surface area contributed by atoms with Gasteiger partial charge in [-0.25, -0.2) is 0 Å². The van der Waals surface area contributed by atoms with Crippen molar-refractivity contribution in [2.75, 3.05) is 20.2 Å². The number of rotatable bonds is 5. The van der Waals surface area contributed by atoms with Gasteiger partial charge in [-0.2, -0.15) is 0 Å². The maximum Gasteiger partial charge on any atom is 0.119 e. The Morgan fingerprint density at radius 1 is 1.18 bits per heavy atom. The van der Waals surface area contributed by atoms with Crippen molar-refractivity contribution < 1.29 is 4.74 Å². The van der Waals surface area contributed by atoms with E-state index in [-0.39, 0.29) is 0 Å². The lowest BCUT2D eigenvalue weighted by atomic mass is 10.0. The van der Waals surface area contributed by atoms with Gasteiger partial charge in [-0.05, 0) is 48.0 Å². The number of hydrogen-bond acceptors (Lipinski definition) is 2. The predicted octanol–water partition coefficient (Wildman–Crippen LogP) is 3.00. The van der Waals surface area contributed by atoms with Crippen LogP contribution < -0.4 is 10.1 Å². The summed E-state index contributed by atoms with van der Waals surface area (Å²) in [4.78, 5) is 0. The second-order valence-electron chi connectivity index (χ2n) is 4.11. The van der Waals surface area contributed by atoms with E-state index in [2.05, 4.69) is 42.6 Å². The van der Waals surface area contributed by atoms with Crippen molar-refractivity contribution in [3.05, 3.63) is 42.0 Å². The highest BCUT2D eigenvalue weighted by atomic mass is 16.5. The largest absolute Gasteiger partial charge is 0.497 e.